The summed E-state index contributed by atoms with van der Waals surface area (Å²) in [6, 6.07) is 10.8. The molecular formula is C15H13NO4. The molecule has 0 saturated carbocycles. The normalized spacial score (nSPS) is 10.2. The Bertz CT molecular complexity index is 638. The first-order valence-electron chi connectivity index (χ1n) is 6.07. The number of carboxylic acid groups (broad SMARTS) is 1. The second kappa shape index (κ2) is 5.97. The van der Waals surface area contributed by atoms with Crippen LogP contribution in [-0.4, -0.2) is 26.9 Å². The van der Waals surface area contributed by atoms with E-state index in [9.17, 15) is 14.7 Å². The monoisotopic (exact) mass is 271 g/mol. The van der Waals surface area contributed by atoms with Crippen molar-refractivity contribution in [2.24, 2.45) is 0 Å². The number of Topliss-reactive ketones (excluding diaryl/α,β-unsaturated/α-hetero) is 1. The smallest absolute Gasteiger partial charge is 0.303 e. The molecule has 0 aliphatic rings. The van der Waals surface area contributed by atoms with Crippen LogP contribution in [-0.2, 0) is 4.79 Å². The fraction of sp³-hybridized carbons (Fsp3) is 0.133. The first kappa shape index (κ1) is 13.7. The van der Waals surface area contributed by atoms with Crippen LogP contribution in [0.25, 0.3) is 11.1 Å². The number of rotatable bonds is 5. The average molecular weight is 271 g/mol. The summed E-state index contributed by atoms with van der Waals surface area (Å²) in [6.45, 7) is 0. The number of benzene rings is 1. The Morgan fingerprint density at radius 3 is 2.35 bits per heavy atom. The molecule has 1 aromatic heterocycles. The van der Waals surface area contributed by atoms with Crippen LogP contribution in [0.15, 0.2) is 42.6 Å². The van der Waals surface area contributed by atoms with E-state index in [0.29, 0.717) is 5.56 Å². The lowest BCUT2D eigenvalue weighted by molar-refractivity contribution is -0.136. The summed E-state index contributed by atoms with van der Waals surface area (Å²) in [5, 5.41) is 18.4. The summed E-state index contributed by atoms with van der Waals surface area (Å²) in [6.07, 6.45) is 1.03. The first-order valence-corrected chi connectivity index (χ1v) is 6.07. The SMILES string of the molecule is O=C(O)CCC(=O)c1ncc(-c2ccccc2)cc1O. The van der Waals surface area contributed by atoms with Gasteiger partial charge in [-0.2, -0.15) is 0 Å². The molecule has 102 valence electrons. The van der Waals surface area contributed by atoms with Crippen LogP contribution in [0.4, 0.5) is 0 Å². The molecule has 1 aromatic carbocycles. The fourth-order valence-electron chi connectivity index (χ4n) is 1.80. The van der Waals surface area contributed by atoms with Gasteiger partial charge < -0.3 is 10.2 Å². The third-order valence-corrected chi connectivity index (χ3v) is 2.80. The third kappa shape index (κ3) is 3.20. The van der Waals surface area contributed by atoms with Crippen molar-refractivity contribution in [3.8, 4) is 16.9 Å². The molecule has 0 aliphatic heterocycles. The highest BCUT2D eigenvalue weighted by Gasteiger charge is 2.15. The van der Waals surface area contributed by atoms with Crippen molar-refractivity contribution < 1.29 is 19.8 Å². The van der Waals surface area contributed by atoms with Gasteiger partial charge in [0.1, 0.15) is 11.4 Å². The number of aliphatic carboxylic acids is 1. The summed E-state index contributed by atoms with van der Waals surface area (Å²) in [4.78, 5) is 26.1. The summed E-state index contributed by atoms with van der Waals surface area (Å²) in [5.41, 5.74) is 1.48. The highest BCUT2D eigenvalue weighted by molar-refractivity contribution is 5.98. The zero-order valence-electron chi connectivity index (χ0n) is 10.6. The van der Waals surface area contributed by atoms with Crippen molar-refractivity contribution in [2.75, 3.05) is 0 Å². The second-order valence-corrected chi connectivity index (χ2v) is 4.27. The second-order valence-electron chi connectivity index (χ2n) is 4.27. The third-order valence-electron chi connectivity index (χ3n) is 2.80. The maximum Gasteiger partial charge on any atom is 0.303 e. The minimum atomic E-state index is -1.06. The summed E-state index contributed by atoms with van der Waals surface area (Å²) in [7, 11) is 0. The Hall–Kier alpha value is -2.69. The summed E-state index contributed by atoms with van der Waals surface area (Å²) >= 11 is 0. The maximum absolute atomic E-state index is 11.7. The maximum atomic E-state index is 11.7. The zero-order valence-corrected chi connectivity index (χ0v) is 10.6. The fourth-order valence-corrected chi connectivity index (χ4v) is 1.80. The van der Waals surface area contributed by atoms with Crippen LogP contribution >= 0.6 is 0 Å². The minimum Gasteiger partial charge on any atom is -0.506 e. The highest BCUT2D eigenvalue weighted by Crippen LogP contribution is 2.25. The molecule has 0 spiro atoms. The Balaban J connectivity index is 2.22. The van der Waals surface area contributed by atoms with Crippen molar-refractivity contribution in [2.45, 2.75) is 12.8 Å². The molecule has 20 heavy (non-hydrogen) atoms. The van der Waals surface area contributed by atoms with Crippen LogP contribution in [0.1, 0.15) is 23.3 Å². The van der Waals surface area contributed by atoms with Gasteiger partial charge in [0.05, 0.1) is 6.42 Å². The Morgan fingerprint density at radius 2 is 1.75 bits per heavy atom. The molecule has 2 aromatic rings. The van der Waals surface area contributed by atoms with E-state index in [1.165, 1.54) is 12.3 Å². The minimum absolute atomic E-state index is 0.0917. The molecule has 0 atom stereocenters. The van der Waals surface area contributed by atoms with Crippen molar-refractivity contribution in [3.05, 3.63) is 48.3 Å². The van der Waals surface area contributed by atoms with Crippen LogP contribution < -0.4 is 0 Å². The van der Waals surface area contributed by atoms with E-state index in [-0.39, 0.29) is 24.3 Å². The summed E-state index contributed by atoms with van der Waals surface area (Å²) < 4.78 is 0. The lowest BCUT2D eigenvalue weighted by atomic mass is 10.1. The number of ketones is 1. The molecule has 0 amide bonds. The molecule has 0 unspecified atom stereocenters. The molecule has 0 aliphatic carbocycles. The van der Waals surface area contributed by atoms with Crippen LogP contribution in [0, 0.1) is 0 Å². The van der Waals surface area contributed by atoms with E-state index < -0.39 is 11.8 Å². The standard InChI is InChI=1S/C15H13NO4/c17-12(6-7-14(19)20)15-13(18)8-11(9-16-15)10-4-2-1-3-5-10/h1-5,8-9,18H,6-7H2,(H,19,20). The van der Waals surface area contributed by atoms with Gasteiger partial charge in [-0.05, 0) is 11.6 Å². The molecular weight excluding hydrogens is 258 g/mol. The lowest BCUT2D eigenvalue weighted by Crippen LogP contribution is -2.06. The van der Waals surface area contributed by atoms with E-state index in [2.05, 4.69) is 4.98 Å². The average Bonchev–Trinajstić information content (AvgIpc) is 2.45. The molecule has 0 saturated heterocycles. The van der Waals surface area contributed by atoms with E-state index in [0.717, 1.165) is 5.56 Å². The molecule has 0 fully saturated rings. The predicted octanol–water partition coefficient (Wildman–Crippen LogP) is 2.50. The number of hydrogen-bond donors (Lipinski definition) is 2. The van der Waals surface area contributed by atoms with Gasteiger partial charge in [-0.3, -0.25) is 9.59 Å². The van der Waals surface area contributed by atoms with Gasteiger partial charge in [0.25, 0.3) is 0 Å². The van der Waals surface area contributed by atoms with E-state index in [4.69, 9.17) is 5.11 Å². The predicted molar refractivity (Wildman–Crippen MR) is 72.5 cm³/mol. The molecule has 0 radical (unpaired) electrons. The van der Waals surface area contributed by atoms with Crippen LogP contribution in [0.2, 0.25) is 0 Å². The van der Waals surface area contributed by atoms with Crippen molar-refractivity contribution >= 4 is 11.8 Å². The van der Waals surface area contributed by atoms with Crippen molar-refractivity contribution in [1.82, 2.24) is 4.98 Å². The lowest BCUT2D eigenvalue weighted by Gasteiger charge is -2.05. The van der Waals surface area contributed by atoms with Crippen molar-refractivity contribution in [1.29, 1.82) is 0 Å². The number of aromatic nitrogens is 1. The molecule has 1 heterocycles. The van der Waals surface area contributed by atoms with E-state index >= 15 is 0 Å². The first-order chi connectivity index (χ1) is 9.58. The quantitative estimate of drug-likeness (QED) is 0.816. The van der Waals surface area contributed by atoms with Gasteiger partial charge in [-0.1, -0.05) is 30.3 Å². The number of carbonyl (C=O) groups excluding carboxylic acids is 1. The Kier molecular flexibility index (Phi) is 4.10. The van der Waals surface area contributed by atoms with Gasteiger partial charge in [0, 0.05) is 18.2 Å². The van der Waals surface area contributed by atoms with Crippen LogP contribution in [0.3, 0.4) is 0 Å². The summed E-state index contributed by atoms with van der Waals surface area (Å²) in [5.74, 6) is -1.77. The number of hydrogen-bond acceptors (Lipinski definition) is 4. The highest BCUT2D eigenvalue weighted by atomic mass is 16.4. The Labute approximate surface area is 115 Å². The number of carbonyl (C=O) groups is 2. The number of nitrogens with zero attached hydrogens (tertiary/aromatic N) is 1. The Morgan fingerprint density at radius 1 is 1.05 bits per heavy atom. The van der Waals surface area contributed by atoms with E-state index in [1.807, 2.05) is 30.3 Å². The molecule has 0 bridgehead atoms. The zero-order chi connectivity index (χ0) is 14.5. The van der Waals surface area contributed by atoms with Gasteiger partial charge >= 0.3 is 5.97 Å². The van der Waals surface area contributed by atoms with Gasteiger partial charge in [-0.25, -0.2) is 4.98 Å². The van der Waals surface area contributed by atoms with Gasteiger partial charge in [-0.15, -0.1) is 0 Å². The van der Waals surface area contributed by atoms with E-state index in [1.54, 1.807) is 0 Å². The molecule has 2 N–H and O–H groups in total. The van der Waals surface area contributed by atoms with Gasteiger partial charge in [0.2, 0.25) is 0 Å². The molecule has 5 nitrogen and oxygen atoms in total. The largest absolute Gasteiger partial charge is 0.506 e. The number of carboxylic acids is 1. The number of pyridine rings is 1. The van der Waals surface area contributed by atoms with Crippen molar-refractivity contribution in [3.63, 3.8) is 0 Å². The van der Waals surface area contributed by atoms with Gasteiger partial charge in [0.15, 0.2) is 5.78 Å². The molecule has 2 rings (SSSR count). The molecule has 5 heteroatoms. The topological polar surface area (TPSA) is 87.5 Å². The number of aromatic hydroxyl groups is 1. The van der Waals surface area contributed by atoms with Crippen LogP contribution in [0.5, 0.6) is 5.75 Å².